The molecule has 45 heavy (non-hydrogen) atoms. The van der Waals surface area contributed by atoms with Crippen LogP contribution < -0.4 is 0 Å². The van der Waals surface area contributed by atoms with Crippen LogP contribution in [0.3, 0.4) is 0 Å². The highest BCUT2D eigenvalue weighted by Gasteiger charge is 2.83. The van der Waals surface area contributed by atoms with Gasteiger partial charge in [-0.25, -0.2) is 0 Å². The van der Waals surface area contributed by atoms with Crippen LogP contribution in [0.4, 0.5) is 0 Å². The van der Waals surface area contributed by atoms with Gasteiger partial charge in [-0.1, -0.05) is 34.6 Å². The molecule has 8 rings (SSSR count). The van der Waals surface area contributed by atoms with Crippen molar-refractivity contribution in [3.63, 3.8) is 0 Å². The van der Waals surface area contributed by atoms with E-state index in [0.717, 1.165) is 38.0 Å². The monoisotopic (exact) mass is 627 g/mol. The molecule has 0 aromatic carbocycles. The Morgan fingerprint density at radius 3 is 2.40 bits per heavy atom. The smallest absolute Gasteiger partial charge is 0.225 e. The molecule has 0 bridgehead atoms. The third kappa shape index (κ3) is 4.28. The number of hydrogen-bond donors (Lipinski definition) is 2. The number of morpholine rings is 1. The number of carbonyl (C=O) groups excluding carboxylic acids is 1. The van der Waals surface area contributed by atoms with E-state index in [2.05, 4.69) is 34.6 Å². The first-order valence-electron chi connectivity index (χ1n) is 18.7. The summed E-state index contributed by atoms with van der Waals surface area (Å²) in [7, 11) is 0. The summed E-state index contributed by atoms with van der Waals surface area (Å²) in [5, 5.41) is 21.6. The minimum absolute atomic E-state index is 0.0717. The third-order valence-electron chi connectivity index (χ3n) is 16.3. The van der Waals surface area contributed by atoms with Crippen molar-refractivity contribution in [3.8, 4) is 0 Å². The summed E-state index contributed by atoms with van der Waals surface area (Å²) >= 11 is 0. The van der Waals surface area contributed by atoms with E-state index in [9.17, 15) is 15.0 Å². The van der Waals surface area contributed by atoms with Gasteiger partial charge < -0.3 is 29.3 Å². The second kappa shape index (κ2) is 9.92. The Kier molecular flexibility index (Phi) is 6.95. The van der Waals surface area contributed by atoms with Crippen molar-refractivity contribution in [2.75, 3.05) is 19.7 Å². The van der Waals surface area contributed by atoms with Gasteiger partial charge >= 0.3 is 0 Å². The second-order valence-corrected chi connectivity index (χ2v) is 19.1. The van der Waals surface area contributed by atoms with Gasteiger partial charge in [0.05, 0.1) is 37.1 Å². The molecular weight excluding hydrogens is 566 g/mol. The van der Waals surface area contributed by atoms with Crippen molar-refractivity contribution in [1.29, 1.82) is 0 Å². The summed E-state index contributed by atoms with van der Waals surface area (Å²) in [6.07, 6.45) is 11.8. The normalized spacial score (nSPS) is 52.5. The van der Waals surface area contributed by atoms with Crippen LogP contribution in [0.15, 0.2) is 0 Å². The summed E-state index contributed by atoms with van der Waals surface area (Å²) in [6, 6.07) is 0. The summed E-state index contributed by atoms with van der Waals surface area (Å²) in [5.74, 6) is 2.91. The van der Waals surface area contributed by atoms with Gasteiger partial charge in [0.2, 0.25) is 5.91 Å². The van der Waals surface area contributed by atoms with Crippen LogP contribution in [-0.2, 0) is 19.0 Å². The van der Waals surface area contributed by atoms with Gasteiger partial charge in [-0.05, 0) is 135 Å². The van der Waals surface area contributed by atoms with Crippen LogP contribution in [0.1, 0.15) is 119 Å². The van der Waals surface area contributed by atoms with Crippen molar-refractivity contribution in [1.82, 2.24) is 4.90 Å². The zero-order chi connectivity index (χ0) is 31.9. The molecule has 8 aliphatic rings. The van der Waals surface area contributed by atoms with Crippen molar-refractivity contribution < 1.29 is 29.2 Å². The van der Waals surface area contributed by atoms with E-state index >= 15 is 0 Å². The quantitative estimate of drug-likeness (QED) is 0.392. The lowest BCUT2D eigenvalue weighted by molar-refractivity contribution is -0.246. The Labute approximate surface area is 271 Å². The van der Waals surface area contributed by atoms with Crippen LogP contribution in [-0.4, -0.2) is 77.0 Å². The fourth-order valence-electron chi connectivity index (χ4n) is 13.9. The van der Waals surface area contributed by atoms with Crippen molar-refractivity contribution in [2.45, 2.75) is 155 Å². The molecule has 2 heterocycles. The average Bonchev–Trinajstić information content (AvgIpc) is 3.89. The summed E-state index contributed by atoms with van der Waals surface area (Å²) in [6.45, 7) is 17.9. The minimum atomic E-state index is -1.16. The van der Waals surface area contributed by atoms with Gasteiger partial charge in [0, 0.05) is 12.5 Å². The van der Waals surface area contributed by atoms with Gasteiger partial charge in [-0.15, -0.1) is 0 Å². The molecule has 0 aromatic heterocycles. The highest BCUT2D eigenvalue weighted by atomic mass is 16.7. The number of carbonyl (C=O) groups is 1. The van der Waals surface area contributed by atoms with Crippen LogP contribution >= 0.6 is 0 Å². The van der Waals surface area contributed by atoms with Crippen molar-refractivity contribution in [2.24, 2.45) is 56.7 Å². The maximum Gasteiger partial charge on any atom is 0.225 e. The Bertz CT molecular complexity index is 1210. The number of aliphatic hydroxyl groups is 2. The van der Waals surface area contributed by atoms with Gasteiger partial charge in [-0.3, -0.25) is 4.79 Å². The molecule has 2 aliphatic heterocycles. The molecule has 0 radical (unpaired) electrons. The maximum atomic E-state index is 12.8. The number of hydrogen-bond acceptors (Lipinski definition) is 6. The lowest BCUT2D eigenvalue weighted by atomic mass is 9.41. The first-order valence-corrected chi connectivity index (χ1v) is 18.7. The average molecular weight is 628 g/mol. The summed E-state index contributed by atoms with van der Waals surface area (Å²) in [4.78, 5) is 14.8. The van der Waals surface area contributed by atoms with Crippen molar-refractivity contribution in [3.05, 3.63) is 0 Å². The third-order valence-corrected chi connectivity index (χ3v) is 16.3. The lowest BCUT2D eigenvalue weighted by Gasteiger charge is -2.63. The number of fused-ring (bicyclic) bond motifs is 4. The fourth-order valence-corrected chi connectivity index (χ4v) is 13.9. The number of aliphatic hydroxyl groups excluding tert-OH is 1. The van der Waals surface area contributed by atoms with Crippen LogP contribution in [0.5, 0.6) is 0 Å². The fraction of sp³-hybridized carbons (Fsp3) is 0.974. The van der Waals surface area contributed by atoms with E-state index in [1.165, 1.54) is 38.5 Å². The van der Waals surface area contributed by atoms with E-state index in [1.807, 2.05) is 4.90 Å². The predicted molar refractivity (Wildman–Crippen MR) is 171 cm³/mol. The first-order chi connectivity index (χ1) is 21.1. The SMILES string of the molecule is C[C@@H]1CC([C@H](O)C(C)(C)O)OC2C[C@@]3(C)[C@@H]4CCC5C(C)(C)[C@@H](OC6CN(C(=O)C7CC7)CCO6)CC[C@@]56C[C@@]46CC[C@]3(C)C21. The molecule has 7 nitrogen and oxygen atoms in total. The van der Waals surface area contributed by atoms with E-state index in [0.29, 0.717) is 54.2 Å². The molecule has 13 atom stereocenters. The first kappa shape index (κ1) is 31.5. The van der Waals surface area contributed by atoms with Gasteiger partial charge in [0.1, 0.15) is 6.10 Å². The maximum absolute atomic E-state index is 12.8. The van der Waals surface area contributed by atoms with Gasteiger partial charge in [0.25, 0.3) is 0 Å². The Balaban J connectivity index is 1.00. The number of amides is 1. The molecular formula is C38H61NO6. The predicted octanol–water partition coefficient (Wildman–Crippen LogP) is 5.94. The number of rotatable bonds is 5. The van der Waals surface area contributed by atoms with E-state index in [1.54, 1.807) is 13.8 Å². The molecule has 6 saturated carbocycles. The molecule has 5 unspecified atom stereocenters. The largest absolute Gasteiger partial charge is 0.388 e. The Hall–Kier alpha value is -0.730. The van der Waals surface area contributed by atoms with E-state index in [-0.39, 0.29) is 46.8 Å². The Morgan fingerprint density at radius 2 is 1.69 bits per heavy atom. The van der Waals surface area contributed by atoms with E-state index < -0.39 is 11.7 Å². The van der Waals surface area contributed by atoms with Crippen LogP contribution in [0.2, 0.25) is 0 Å². The molecule has 8 fully saturated rings. The van der Waals surface area contributed by atoms with Crippen molar-refractivity contribution >= 4 is 5.91 Å². The molecule has 6 aliphatic carbocycles. The van der Waals surface area contributed by atoms with Crippen LogP contribution in [0.25, 0.3) is 0 Å². The molecule has 1 amide bonds. The zero-order valence-electron chi connectivity index (χ0n) is 29.1. The standard InChI is InChI=1S/C38H61NO6/c1-22-18-24(31(40)34(4,5)42)44-25-19-36(7)27-11-10-26-33(2,3)28(45-29-20-39(16-17-43-29)32(41)23-8-9-23)12-13-37(26)21-38(27,37)15-14-35(36,6)30(22)25/h22-31,40,42H,8-21H2,1-7H3/t22-,24?,25?,26?,27+,28+,29?,30?,31+,35-,36+,37-,38+/m1/s1. The lowest BCUT2D eigenvalue weighted by Crippen LogP contribution is -2.59. The molecule has 0 aromatic rings. The number of nitrogens with zero attached hydrogens (tertiary/aromatic N) is 1. The Morgan fingerprint density at radius 1 is 0.978 bits per heavy atom. The molecule has 2 N–H and O–H groups in total. The van der Waals surface area contributed by atoms with Crippen LogP contribution in [0, 0.1) is 56.7 Å². The highest BCUT2D eigenvalue weighted by Crippen LogP contribution is 2.89. The zero-order valence-corrected chi connectivity index (χ0v) is 29.1. The second-order valence-electron chi connectivity index (χ2n) is 19.1. The van der Waals surface area contributed by atoms with Gasteiger partial charge in [0.15, 0.2) is 6.29 Å². The molecule has 2 saturated heterocycles. The number of ether oxygens (including phenoxy) is 3. The molecule has 254 valence electrons. The highest BCUT2D eigenvalue weighted by molar-refractivity contribution is 5.81. The summed E-state index contributed by atoms with van der Waals surface area (Å²) < 4.78 is 19.8. The topological polar surface area (TPSA) is 88.5 Å². The van der Waals surface area contributed by atoms with E-state index in [4.69, 9.17) is 14.2 Å². The summed E-state index contributed by atoms with van der Waals surface area (Å²) in [5.41, 5.74) is 0.233. The molecule has 7 heteroatoms. The van der Waals surface area contributed by atoms with Gasteiger partial charge in [-0.2, -0.15) is 0 Å². The minimum Gasteiger partial charge on any atom is -0.388 e. The molecule has 2 spiro atoms.